The zero-order chi connectivity index (χ0) is 13.1. The van der Waals surface area contributed by atoms with Crippen LogP contribution in [-0.4, -0.2) is 46.7 Å². The number of hydrogen-bond donors (Lipinski definition) is 4. The van der Waals surface area contributed by atoms with Crippen LogP contribution in [0.4, 0.5) is 5.82 Å². The first-order valence-electron chi connectivity index (χ1n) is 5.58. The number of H-pyrrole nitrogens is 1. The molecule has 1 saturated heterocycles. The van der Waals surface area contributed by atoms with Crippen LogP contribution in [0.2, 0.25) is 0 Å². The molecule has 9 heteroatoms. The summed E-state index contributed by atoms with van der Waals surface area (Å²) in [5.41, 5.74) is 0.141. The number of nitrogens with one attached hydrogen (secondary N) is 3. The minimum atomic E-state index is -0.596. The van der Waals surface area contributed by atoms with E-state index < -0.39 is 16.9 Å². The van der Waals surface area contributed by atoms with E-state index in [1.54, 1.807) is 0 Å². The van der Waals surface area contributed by atoms with Crippen molar-refractivity contribution in [2.24, 2.45) is 5.92 Å². The molecular weight excluding hydrogens is 276 g/mol. The normalized spacial score (nSPS) is 21.7. The minimum absolute atomic E-state index is 0. The van der Waals surface area contributed by atoms with Crippen molar-refractivity contribution in [1.82, 2.24) is 15.6 Å². The van der Waals surface area contributed by atoms with Crippen LogP contribution in [0.15, 0.2) is 12.1 Å². The van der Waals surface area contributed by atoms with Crippen LogP contribution < -0.4 is 10.6 Å². The van der Waals surface area contributed by atoms with Gasteiger partial charge in [-0.3, -0.25) is 4.79 Å². The Hall–Kier alpha value is -1.64. The average molecular weight is 291 g/mol. The van der Waals surface area contributed by atoms with E-state index in [-0.39, 0.29) is 29.8 Å². The number of aromatic nitrogens is 1. The maximum atomic E-state index is 11.7. The molecule has 106 valence electrons. The van der Waals surface area contributed by atoms with Gasteiger partial charge in [0.1, 0.15) is 0 Å². The van der Waals surface area contributed by atoms with Gasteiger partial charge in [0.25, 0.3) is 5.91 Å². The molecule has 0 saturated carbocycles. The fraction of sp³-hybridized carbons (Fsp3) is 0.500. The van der Waals surface area contributed by atoms with E-state index in [4.69, 9.17) is 0 Å². The monoisotopic (exact) mass is 290 g/mol. The number of hydrogen-bond acceptors (Lipinski definition) is 5. The van der Waals surface area contributed by atoms with Crippen LogP contribution in [-0.2, 0) is 0 Å². The summed E-state index contributed by atoms with van der Waals surface area (Å²) in [4.78, 5) is 23.9. The van der Waals surface area contributed by atoms with Crippen LogP contribution in [0.25, 0.3) is 0 Å². The number of carbonyl (C=O) groups is 1. The quantitative estimate of drug-likeness (QED) is 0.446. The maximum absolute atomic E-state index is 11.7. The molecule has 2 heterocycles. The van der Waals surface area contributed by atoms with Crippen LogP contribution >= 0.6 is 12.4 Å². The van der Waals surface area contributed by atoms with Gasteiger partial charge in [-0.25, -0.2) is 4.98 Å². The molecule has 0 aliphatic carbocycles. The third-order valence-corrected chi connectivity index (χ3v) is 2.94. The molecule has 1 fully saturated rings. The first-order valence-corrected chi connectivity index (χ1v) is 5.58. The van der Waals surface area contributed by atoms with Gasteiger partial charge in [0.05, 0.1) is 6.10 Å². The smallest absolute Gasteiger partial charge is 0.321 e. The topological polar surface area (TPSA) is 120 Å². The van der Waals surface area contributed by atoms with Gasteiger partial charge in [-0.15, -0.1) is 12.4 Å². The Morgan fingerprint density at radius 1 is 1.53 bits per heavy atom. The van der Waals surface area contributed by atoms with E-state index >= 15 is 0 Å². The number of β-amino-alcohol motifs (C(OH)–C–C–N with tert-alkyl or cyclic N) is 1. The standard InChI is InChI=1S/C10H14N4O4.ClH/c15-8-5-11-3-6(8)4-12-10(16)7-1-2-9(13-7)14(17)18;/h1-2,6,8,11,13,15H,3-5H2,(H,12,16);1H. The van der Waals surface area contributed by atoms with Crippen LogP contribution in [0.3, 0.4) is 0 Å². The third-order valence-electron chi connectivity index (χ3n) is 2.94. The molecule has 0 spiro atoms. The second kappa shape index (κ2) is 6.50. The molecule has 8 nitrogen and oxygen atoms in total. The summed E-state index contributed by atoms with van der Waals surface area (Å²) < 4.78 is 0. The van der Waals surface area contributed by atoms with Crippen molar-refractivity contribution in [3.63, 3.8) is 0 Å². The van der Waals surface area contributed by atoms with Gasteiger partial charge in [-0.05, 0) is 11.0 Å². The fourth-order valence-corrected chi connectivity index (χ4v) is 1.87. The molecule has 4 N–H and O–H groups in total. The Morgan fingerprint density at radius 2 is 2.26 bits per heavy atom. The Morgan fingerprint density at radius 3 is 2.79 bits per heavy atom. The fourth-order valence-electron chi connectivity index (χ4n) is 1.87. The lowest BCUT2D eigenvalue weighted by Gasteiger charge is -2.12. The molecule has 1 aliphatic heterocycles. The number of carbonyl (C=O) groups excluding carboxylic acids is 1. The lowest BCUT2D eigenvalue weighted by molar-refractivity contribution is -0.389. The number of aliphatic hydroxyl groups is 1. The van der Waals surface area contributed by atoms with Crippen molar-refractivity contribution >= 4 is 24.1 Å². The van der Waals surface area contributed by atoms with Crippen molar-refractivity contribution in [3.8, 4) is 0 Å². The number of halogens is 1. The van der Waals surface area contributed by atoms with Gasteiger partial charge in [0.2, 0.25) is 0 Å². The lowest BCUT2D eigenvalue weighted by Crippen LogP contribution is -2.34. The molecule has 1 aromatic heterocycles. The zero-order valence-electron chi connectivity index (χ0n) is 9.96. The molecule has 2 unspecified atom stereocenters. The van der Waals surface area contributed by atoms with Crippen molar-refractivity contribution in [2.75, 3.05) is 19.6 Å². The Balaban J connectivity index is 0.00000180. The Kier molecular flexibility index (Phi) is 5.28. The van der Waals surface area contributed by atoms with Gasteiger partial charge in [0.15, 0.2) is 5.69 Å². The summed E-state index contributed by atoms with van der Waals surface area (Å²) in [5.74, 6) is -0.663. The van der Waals surface area contributed by atoms with E-state index in [0.717, 1.165) is 0 Å². The lowest BCUT2D eigenvalue weighted by atomic mass is 10.1. The Bertz CT molecular complexity index is 464. The molecule has 2 rings (SSSR count). The molecule has 1 aliphatic rings. The first kappa shape index (κ1) is 15.4. The molecule has 0 aromatic carbocycles. The summed E-state index contributed by atoms with van der Waals surface area (Å²) in [6, 6.07) is 2.59. The number of aliphatic hydroxyl groups excluding tert-OH is 1. The summed E-state index contributed by atoms with van der Waals surface area (Å²) in [5, 5.41) is 25.6. The second-order valence-electron chi connectivity index (χ2n) is 4.21. The summed E-state index contributed by atoms with van der Waals surface area (Å²) >= 11 is 0. The Labute approximate surface area is 115 Å². The predicted octanol–water partition coefficient (Wildman–Crippen LogP) is -0.345. The first-order chi connectivity index (χ1) is 8.58. The highest BCUT2D eigenvalue weighted by molar-refractivity contribution is 5.92. The molecular formula is C10H15ClN4O4. The van der Waals surface area contributed by atoms with E-state index in [1.807, 2.05) is 0 Å². The zero-order valence-corrected chi connectivity index (χ0v) is 10.8. The molecule has 2 atom stereocenters. The van der Waals surface area contributed by atoms with Crippen molar-refractivity contribution in [3.05, 3.63) is 27.9 Å². The SMILES string of the molecule is Cl.O=C(NCC1CNCC1O)c1ccc([N+](=O)[O-])[nH]1. The van der Waals surface area contributed by atoms with E-state index in [1.165, 1.54) is 12.1 Å². The summed E-state index contributed by atoms with van der Waals surface area (Å²) in [6.45, 7) is 1.50. The highest BCUT2D eigenvalue weighted by Crippen LogP contribution is 2.11. The van der Waals surface area contributed by atoms with Gasteiger partial charge in [0, 0.05) is 31.6 Å². The molecule has 0 bridgehead atoms. The van der Waals surface area contributed by atoms with E-state index in [0.29, 0.717) is 19.6 Å². The average Bonchev–Trinajstić information content (AvgIpc) is 2.94. The van der Waals surface area contributed by atoms with Gasteiger partial charge in [-0.2, -0.15) is 0 Å². The molecule has 1 amide bonds. The molecule has 0 radical (unpaired) electrons. The van der Waals surface area contributed by atoms with Crippen molar-refractivity contribution in [2.45, 2.75) is 6.10 Å². The minimum Gasteiger partial charge on any atom is -0.391 e. The highest BCUT2D eigenvalue weighted by atomic mass is 35.5. The van der Waals surface area contributed by atoms with Crippen molar-refractivity contribution < 1.29 is 14.8 Å². The van der Waals surface area contributed by atoms with Crippen molar-refractivity contribution in [1.29, 1.82) is 0 Å². The van der Waals surface area contributed by atoms with Gasteiger partial charge >= 0.3 is 5.82 Å². The van der Waals surface area contributed by atoms with Crippen LogP contribution in [0, 0.1) is 16.0 Å². The number of aromatic amines is 1. The number of amides is 1. The van der Waals surface area contributed by atoms with Crippen LogP contribution in [0.5, 0.6) is 0 Å². The van der Waals surface area contributed by atoms with Gasteiger partial charge < -0.3 is 25.9 Å². The molecule has 1 aromatic rings. The molecule has 19 heavy (non-hydrogen) atoms. The second-order valence-corrected chi connectivity index (χ2v) is 4.21. The number of nitrogens with zero attached hydrogens (tertiary/aromatic N) is 1. The maximum Gasteiger partial charge on any atom is 0.321 e. The van der Waals surface area contributed by atoms with Gasteiger partial charge in [-0.1, -0.05) is 0 Å². The van der Waals surface area contributed by atoms with E-state index in [2.05, 4.69) is 15.6 Å². The largest absolute Gasteiger partial charge is 0.391 e. The van der Waals surface area contributed by atoms with Crippen LogP contribution in [0.1, 0.15) is 10.5 Å². The van der Waals surface area contributed by atoms with E-state index in [9.17, 15) is 20.0 Å². The third kappa shape index (κ3) is 3.66. The number of nitro groups is 1. The summed E-state index contributed by atoms with van der Waals surface area (Å²) in [7, 11) is 0. The predicted molar refractivity (Wildman–Crippen MR) is 69.4 cm³/mol. The number of rotatable bonds is 4. The highest BCUT2D eigenvalue weighted by Gasteiger charge is 2.25. The summed E-state index contributed by atoms with van der Waals surface area (Å²) in [6.07, 6.45) is -0.469.